The van der Waals surface area contributed by atoms with Crippen molar-refractivity contribution in [1.82, 2.24) is 15.1 Å². The van der Waals surface area contributed by atoms with Crippen molar-refractivity contribution in [2.24, 2.45) is 13.0 Å². The number of carbonyl (C=O) groups excluding carboxylic acids is 1. The van der Waals surface area contributed by atoms with E-state index in [2.05, 4.69) is 33.3 Å². The number of alkyl halides is 1. The molecule has 1 heterocycles. The molecule has 1 amide bonds. The second-order valence-corrected chi connectivity index (χ2v) is 5.04. The quantitative estimate of drug-likeness (QED) is 0.786. The Bertz CT molecular complexity index is 345. The summed E-state index contributed by atoms with van der Waals surface area (Å²) in [7, 11) is 1.81. The molecule has 1 N–H and O–H groups in total. The minimum Gasteiger partial charge on any atom is -0.352 e. The van der Waals surface area contributed by atoms with Gasteiger partial charge in [-0.3, -0.25) is 9.48 Å². The van der Waals surface area contributed by atoms with Gasteiger partial charge in [0.25, 0.3) is 5.91 Å². The van der Waals surface area contributed by atoms with E-state index in [4.69, 9.17) is 0 Å². The molecular weight excluding hydrogens is 282 g/mol. The van der Waals surface area contributed by atoms with Crippen molar-refractivity contribution < 1.29 is 4.79 Å². The number of hydrogen-bond acceptors (Lipinski definition) is 2. The minimum atomic E-state index is -0.0335. The largest absolute Gasteiger partial charge is 0.352 e. The third-order valence-corrected chi connectivity index (χ3v) is 3.19. The van der Waals surface area contributed by atoms with Gasteiger partial charge in [-0.25, -0.2) is 0 Å². The molecule has 17 heavy (non-hydrogen) atoms. The summed E-state index contributed by atoms with van der Waals surface area (Å²) >= 11 is 3.45. The maximum atomic E-state index is 11.8. The lowest BCUT2D eigenvalue weighted by atomic mass is 10.0. The Balaban J connectivity index is 2.40. The number of amides is 1. The molecule has 96 valence electrons. The van der Waals surface area contributed by atoms with Crippen molar-refractivity contribution in [2.75, 3.05) is 11.9 Å². The Labute approximate surface area is 111 Å². The van der Waals surface area contributed by atoms with Gasteiger partial charge in [-0.15, -0.1) is 0 Å². The van der Waals surface area contributed by atoms with E-state index in [1.165, 1.54) is 0 Å². The van der Waals surface area contributed by atoms with Crippen LogP contribution in [-0.4, -0.2) is 27.6 Å². The number of aromatic nitrogens is 2. The molecule has 1 aromatic heterocycles. The predicted octanol–water partition coefficient (Wildman–Crippen LogP) is 2.35. The molecule has 1 rings (SSSR count). The Morgan fingerprint density at radius 1 is 1.59 bits per heavy atom. The summed E-state index contributed by atoms with van der Waals surface area (Å²) in [6.45, 7) is 2.91. The fourth-order valence-electron chi connectivity index (χ4n) is 1.79. The highest BCUT2D eigenvalue weighted by Crippen LogP contribution is 2.11. The molecule has 1 unspecified atom stereocenters. The highest BCUT2D eigenvalue weighted by molar-refractivity contribution is 9.09. The van der Waals surface area contributed by atoms with Crippen LogP contribution in [0.15, 0.2) is 12.4 Å². The van der Waals surface area contributed by atoms with Crippen molar-refractivity contribution in [3.63, 3.8) is 0 Å². The summed E-state index contributed by atoms with van der Waals surface area (Å²) in [5.41, 5.74) is 0.626. The molecule has 0 aliphatic heterocycles. The first-order valence-corrected chi connectivity index (χ1v) is 7.12. The number of aryl methyl sites for hydroxylation is 1. The van der Waals surface area contributed by atoms with Crippen LogP contribution in [0.25, 0.3) is 0 Å². The van der Waals surface area contributed by atoms with Crippen LogP contribution >= 0.6 is 15.9 Å². The lowest BCUT2D eigenvalue weighted by Crippen LogP contribution is -2.29. The van der Waals surface area contributed by atoms with Crippen LogP contribution in [0.2, 0.25) is 0 Å². The van der Waals surface area contributed by atoms with Crippen molar-refractivity contribution in [3.8, 4) is 0 Å². The standard InChI is InChI=1S/C12H20BrN3O/c1-3-4-10(5-6-13)7-14-12(17)11-8-15-16(2)9-11/h8-10H,3-7H2,1-2H3,(H,14,17). The average molecular weight is 302 g/mol. The van der Waals surface area contributed by atoms with Gasteiger partial charge in [0.2, 0.25) is 0 Å². The smallest absolute Gasteiger partial charge is 0.254 e. The van der Waals surface area contributed by atoms with E-state index < -0.39 is 0 Å². The van der Waals surface area contributed by atoms with Crippen molar-refractivity contribution in [1.29, 1.82) is 0 Å². The van der Waals surface area contributed by atoms with E-state index in [9.17, 15) is 4.79 Å². The average Bonchev–Trinajstić information content (AvgIpc) is 2.73. The van der Waals surface area contributed by atoms with E-state index in [0.29, 0.717) is 11.5 Å². The Hall–Kier alpha value is -0.840. The van der Waals surface area contributed by atoms with Gasteiger partial charge in [-0.05, 0) is 18.8 Å². The number of nitrogens with zero attached hydrogens (tertiary/aromatic N) is 2. The molecule has 4 nitrogen and oxygen atoms in total. The van der Waals surface area contributed by atoms with E-state index in [-0.39, 0.29) is 5.91 Å². The molecule has 1 aromatic rings. The van der Waals surface area contributed by atoms with Crippen LogP contribution in [-0.2, 0) is 7.05 Å². The van der Waals surface area contributed by atoms with Gasteiger partial charge in [0, 0.05) is 25.1 Å². The summed E-state index contributed by atoms with van der Waals surface area (Å²) in [6, 6.07) is 0. The van der Waals surface area contributed by atoms with Crippen LogP contribution in [0.5, 0.6) is 0 Å². The second kappa shape index (κ2) is 7.48. The fourth-order valence-corrected chi connectivity index (χ4v) is 2.44. The number of rotatable bonds is 7. The summed E-state index contributed by atoms with van der Waals surface area (Å²) in [5, 5.41) is 7.94. The maximum Gasteiger partial charge on any atom is 0.254 e. The van der Waals surface area contributed by atoms with Gasteiger partial charge in [0.1, 0.15) is 0 Å². The molecule has 1 atom stereocenters. The topological polar surface area (TPSA) is 46.9 Å². The van der Waals surface area contributed by atoms with Crippen molar-refractivity contribution in [2.45, 2.75) is 26.2 Å². The summed E-state index contributed by atoms with van der Waals surface area (Å²) in [6.07, 6.45) is 6.73. The van der Waals surface area contributed by atoms with Crippen molar-refractivity contribution >= 4 is 21.8 Å². The van der Waals surface area contributed by atoms with E-state index >= 15 is 0 Å². The molecule has 0 radical (unpaired) electrons. The Morgan fingerprint density at radius 3 is 2.88 bits per heavy atom. The van der Waals surface area contributed by atoms with Gasteiger partial charge in [0.05, 0.1) is 11.8 Å². The summed E-state index contributed by atoms with van der Waals surface area (Å²) in [5.74, 6) is 0.522. The van der Waals surface area contributed by atoms with Gasteiger partial charge in [-0.1, -0.05) is 29.3 Å². The van der Waals surface area contributed by atoms with E-state index in [1.54, 1.807) is 17.1 Å². The fraction of sp³-hybridized carbons (Fsp3) is 0.667. The lowest BCUT2D eigenvalue weighted by molar-refractivity contribution is 0.0946. The first-order valence-electron chi connectivity index (χ1n) is 6.00. The predicted molar refractivity (Wildman–Crippen MR) is 72.4 cm³/mol. The first-order chi connectivity index (χ1) is 8.17. The molecule has 0 bridgehead atoms. The number of hydrogen-bond donors (Lipinski definition) is 1. The Morgan fingerprint density at radius 2 is 2.35 bits per heavy atom. The number of halogens is 1. The molecule has 0 fully saturated rings. The van der Waals surface area contributed by atoms with Crippen LogP contribution in [0.1, 0.15) is 36.5 Å². The van der Waals surface area contributed by atoms with Crippen LogP contribution in [0, 0.1) is 5.92 Å². The normalized spacial score (nSPS) is 12.4. The molecule has 0 aromatic carbocycles. The lowest BCUT2D eigenvalue weighted by Gasteiger charge is -2.15. The van der Waals surface area contributed by atoms with E-state index in [1.807, 2.05) is 7.05 Å². The zero-order valence-electron chi connectivity index (χ0n) is 10.4. The first kappa shape index (κ1) is 14.2. The second-order valence-electron chi connectivity index (χ2n) is 4.25. The molecule has 0 saturated carbocycles. The van der Waals surface area contributed by atoms with Gasteiger partial charge < -0.3 is 5.32 Å². The molecule has 0 aliphatic carbocycles. The third kappa shape index (κ3) is 4.89. The number of nitrogens with one attached hydrogen (secondary N) is 1. The highest BCUT2D eigenvalue weighted by Gasteiger charge is 2.11. The SMILES string of the molecule is CCCC(CCBr)CNC(=O)c1cnn(C)c1. The molecular formula is C12H20BrN3O. The monoisotopic (exact) mass is 301 g/mol. The number of carbonyl (C=O) groups is 1. The van der Waals surface area contributed by atoms with Crippen LogP contribution < -0.4 is 5.32 Å². The summed E-state index contributed by atoms with van der Waals surface area (Å²) < 4.78 is 1.64. The molecule has 0 aliphatic rings. The maximum absolute atomic E-state index is 11.8. The van der Waals surface area contributed by atoms with Gasteiger partial charge in [-0.2, -0.15) is 5.10 Å². The zero-order chi connectivity index (χ0) is 12.7. The third-order valence-electron chi connectivity index (χ3n) is 2.73. The van der Waals surface area contributed by atoms with Crippen LogP contribution in [0.3, 0.4) is 0 Å². The van der Waals surface area contributed by atoms with E-state index in [0.717, 1.165) is 31.1 Å². The zero-order valence-corrected chi connectivity index (χ0v) is 12.0. The van der Waals surface area contributed by atoms with Gasteiger partial charge in [0.15, 0.2) is 0 Å². The highest BCUT2D eigenvalue weighted by atomic mass is 79.9. The van der Waals surface area contributed by atoms with Gasteiger partial charge >= 0.3 is 0 Å². The van der Waals surface area contributed by atoms with Crippen LogP contribution in [0.4, 0.5) is 0 Å². The van der Waals surface area contributed by atoms with Crippen molar-refractivity contribution in [3.05, 3.63) is 18.0 Å². The summed E-state index contributed by atoms with van der Waals surface area (Å²) in [4.78, 5) is 11.8. The molecule has 0 saturated heterocycles. The Kier molecular flexibility index (Phi) is 6.26. The molecule has 0 spiro atoms. The minimum absolute atomic E-state index is 0.0335. The molecule has 5 heteroatoms.